The Kier molecular flexibility index (Phi) is 8.84. The average Bonchev–Trinajstić information content (AvgIpc) is 2.47. The molecule has 0 saturated heterocycles. The number of carbonyl (C=O) groups excluding carboxylic acids is 1. The van der Waals surface area contributed by atoms with Crippen molar-refractivity contribution in [2.24, 2.45) is 0 Å². The fraction of sp³-hybridized carbons (Fsp3) is 0.929. The largest absolute Gasteiger partial charge is 0.460 e. The average molecular weight is 453 g/mol. The second-order valence-corrected chi connectivity index (χ2v) is 8.68. The van der Waals surface area contributed by atoms with Crippen LogP contribution < -0.4 is 5.32 Å². The Labute approximate surface area is 158 Å². The first-order valence-corrected chi connectivity index (χ1v) is 9.36. The molecule has 0 aliphatic heterocycles. The lowest BCUT2D eigenvalue weighted by molar-refractivity contribution is -0.870. The third kappa shape index (κ3) is 7.41. The van der Waals surface area contributed by atoms with Gasteiger partial charge in [0.15, 0.2) is 0 Å². The molecule has 1 unspecified atom stereocenters. The molecule has 0 radical (unpaired) electrons. The van der Waals surface area contributed by atoms with Gasteiger partial charge < -0.3 is 9.80 Å². The molecule has 0 bridgehead atoms. The molecule has 28 heavy (non-hydrogen) atoms. The second-order valence-electron chi connectivity index (χ2n) is 7.11. The van der Waals surface area contributed by atoms with E-state index in [2.05, 4.69) is 5.32 Å². The molecular weight excluding hydrogens is 431 g/mol. The summed E-state index contributed by atoms with van der Waals surface area (Å²) >= 11 is 0. The molecule has 0 fully saturated rings. The molecule has 0 heterocycles. The zero-order valence-corrected chi connectivity index (χ0v) is 16.1. The van der Waals surface area contributed by atoms with Crippen molar-refractivity contribution in [3.63, 3.8) is 0 Å². The molecule has 1 atom stereocenters. The van der Waals surface area contributed by atoms with Crippen molar-refractivity contribution in [1.82, 2.24) is 5.32 Å². The molecule has 0 aromatic heterocycles. The first-order chi connectivity index (χ1) is 12.2. The Bertz CT molecular complexity index is 560. The van der Waals surface area contributed by atoms with Gasteiger partial charge in [0.05, 0.1) is 27.7 Å². The summed E-state index contributed by atoms with van der Waals surface area (Å²) in [5.74, 6) is -22.6. The van der Waals surface area contributed by atoms with Crippen molar-refractivity contribution in [3.8, 4) is 0 Å². The summed E-state index contributed by atoms with van der Waals surface area (Å²) < 4.78 is 126. The van der Waals surface area contributed by atoms with E-state index in [1.54, 1.807) is 0 Å². The van der Waals surface area contributed by atoms with Gasteiger partial charge in [-0.15, -0.1) is 0 Å². The molecule has 1 N–H and O–H groups in total. The van der Waals surface area contributed by atoms with E-state index in [1.807, 2.05) is 21.1 Å². The number of halogens is 9. The smallest absolute Gasteiger partial charge is 0.355 e. The Balaban J connectivity index is 4.66. The maximum Gasteiger partial charge on any atom is 0.460 e. The monoisotopic (exact) mass is 453 g/mol. The maximum absolute atomic E-state index is 13.3. The Morgan fingerprint density at radius 2 is 1.43 bits per heavy atom. The zero-order valence-electron chi connectivity index (χ0n) is 15.3. The number of rotatable bonds is 11. The lowest BCUT2D eigenvalue weighted by atomic mass is 10.0. The van der Waals surface area contributed by atoms with Crippen LogP contribution >= 0.6 is 0 Å². The van der Waals surface area contributed by atoms with Gasteiger partial charge in [-0.05, 0) is 0 Å². The van der Waals surface area contributed by atoms with Gasteiger partial charge in [0.2, 0.25) is 5.91 Å². The summed E-state index contributed by atoms with van der Waals surface area (Å²) in [5, 5.41) is 2.31. The lowest BCUT2D eigenvalue weighted by Gasteiger charge is -2.33. The molecule has 0 saturated carbocycles. The molecule has 0 rings (SSSR count). The van der Waals surface area contributed by atoms with Crippen LogP contribution in [0.2, 0.25) is 0 Å². The van der Waals surface area contributed by atoms with E-state index in [-0.39, 0.29) is 6.54 Å². The van der Waals surface area contributed by atoms with Gasteiger partial charge in [0, 0.05) is 35.9 Å². The number of hydrogen-bond acceptors (Lipinski definition) is 2. The molecule has 4 nitrogen and oxygen atoms in total. The maximum atomic E-state index is 13.3. The summed E-state index contributed by atoms with van der Waals surface area (Å²) in [5.41, 5.74) is 0. The van der Waals surface area contributed by atoms with Gasteiger partial charge >= 0.3 is 23.9 Å². The minimum Gasteiger partial charge on any atom is -0.355 e. The number of nitrogens with zero attached hydrogens (tertiary/aromatic N) is 1. The zero-order chi connectivity index (χ0) is 22.6. The number of carbonyl (C=O) groups is 1. The number of quaternary nitrogens is 1. The number of amides is 1. The van der Waals surface area contributed by atoms with Crippen LogP contribution in [0.3, 0.4) is 0 Å². The first-order valence-electron chi connectivity index (χ1n) is 7.87. The molecule has 168 valence electrons. The molecule has 0 aromatic rings. The van der Waals surface area contributed by atoms with Crippen molar-refractivity contribution in [3.05, 3.63) is 0 Å². The van der Waals surface area contributed by atoms with Crippen LogP contribution in [0.25, 0.3) is 0 Å². The minimum atomic E-state index is -6.98. The second kappa shape index (κ2) is 9.18. The normalized spacial score (nSPS) is 15.4. The van der Waals surface area contributed by atoms with E-state index < -0.39 is 58.6 Å². The van der Waals surface area contributed by atoms with Crippen molar-refractivity contribution in [2.75, 3.05) is 45.7 Å². The highest BCUT2D eigenvalue weighted by molar-refractivity contribution is 7.85. The van der Waals surface area contributed by atoms with Gasteiger partial charge in [-0.25, -0.2) is 0 Å². The van der Waals surface area contributed by atoms with E-state index in [9.17, 15) is 48.5 Å². The van der Waals surface area contributed by atoms with Gasteiger partial charge in [0.1, 0.15) is 5.75 Å². The predicted molar refractivity (Wildman–Crippen MR) is 83.9 cm³/mol. The van der Waals surface area contributed by atoms with Crippen molar-refractivity contribution in [2.45, 2.75) is 36.8 Å². The molecule has 1 amide bonds. The van der Waals surface area contributed by atoms with E-state index in [1.165, 1.54) is 0 Å². The molecule has 0 aromatic carbocycles. The van der Waals surface area contributed by atoms with Crippen LogP contribution in [0, 0.1) is 0 Å². The summed E-state index contributed by atoms with van der Waals surface area (Å²) in [6.45, 7) is 0.829. The van der Waals surface area contributed by atoms with E-state index in [4.69, 9.17) is 0 Å². The van der Waals surface area contributed by atoms with Gasteiger partial charge in [-0.3, -0.25) is 9.00 Å². The third-order valence-corrected chi connectivity index (χ3v) is 4.72. The van der Waals surface area contributed by atoms with Crippen molar-refractivity contribution in [1.29, 1.82) is 0 Å². The highest BCUT2D eigenvalue weighted by Gasteiger charge is 2.81. The van der Waals surface area contributed by atoms with Crippen molar-refractivity contribution < 1.29 is 53.0 Å². The summed E-state index contributed by atoms with van der Waals surface area (Å²) in [4.78, 5) is 11.5. The number of nitrogens with one attached hydrogen (secondary N) is 1. The minimum absolute atomic E-state index is 0.164. The highest BCUT2D eigenvalue weighted by Crippen LogP contribution is 2.53. The van der Waals surface area contributed by atoms with Crippen LogP contribution in [0.4, 0.5) is 39.5 Å². The fourth-order valence-electron chi connectivity index (χ4n) is 1.86. The standard InChI is InChI=1S/C14H21F9N2O2S/c1-25(2,3)7-4-6-24-10(26)9-28(27)8-5-11(15,16)12(17,18)13(19,20)14(21,22)23/h4-9H2,1-3H3/p+1. The molecule has 14 heteroatoms. The van der Waals surface area contributed by atoms with E-state index in [0.717, 1.165) is 0 Å². The summed E-state index contributed by atoms with van der Waals surface area (Å²) in [6, 6.07) is 0. The summed E-state index contributed by atoms with van der Waals surface area (Å²) in [6.07, 6.45) is -8.59. The van der Waals surface area contributed by atoms with Crippen LogP contribution in [-0.4, -0.2) is 84.3 Å². The third-order valence-electron chi connectivity index (χ3n) is 3.47. The van der Waals surface area contributed by atoms with Crippen LogP contribution in [-0.2, 0) is 15.6 Å². The van der Waals surface area contributed by atoms with E-state index >= 15 is 0 Å². The quantitative estimate of drug-likeness (QED) is 0.297. The van der Waals surface area contributed by atoms with Crippen LogP contribution in [0.5, 0.6) is 0 Å². The summed E-state index contributed by atoms with van der Waals surface area (Å²) in [7, 11) is 3.19. The van der Waals surface area contributed by atoms with Gasteiger partial charge in [-0.2, -0.15) is 39.5 Å². The van der Waals surface area contributed by atoms with Crippen molar-refractivity contribution >= 4 is 16.7 Å². The molecule has 0 aliphatic rings. The van der Waals surface area contributed by atoms with E-state index in [0.29, 0.717) is 17.4 Å². The molecule has 0 aliphatic carbocycles. The topological polar surface area (TPSA) is 46.2 Å². The fourth-order valence-corrected chi connectivity index (χ4v) is 2.88. The Morgan fingerprint density at radius 1 is 0.929 bits per heavy atom. The first kappa shape index (κ1) is 27.0. The number of hydrogen-bond donors (Lipinski definition) is 1. The number of alkyl halides is 9. The van der Waals surface area contributed by atoms with Crippen LogP contribution in [0.1, 0.15) is 12.8 Å². The lowest BCUT2D eigenvalue weighted by Crippen LogP contribution is -2.61. The highest BCUT2D eigenvalue weighted by atomic mass is 32.2. The Hall–Kier alpha value is -1.05. The van der Waals surface area contributed by atoms with Gasteiger partial charge in [-0.1, -0.05) is 0 Å². The predicted octanol–water partition coefficient (Wildman–Crippen LogP) is 2.81. The Morgan fingerprint density at radius 3 is 1.86 bits per heavy atom. The SMILES string of the molecule is C[N+](C)(C)CCCNC(=O)CS(=O)CCC(F)(F)C(F)(F)C(F)(F)C(F)(F)F. The van der Waals surface area contributed by atoms with Gasteiger partial charge in [0.25, 0.3) is 0 Å². The molecule has 0 spiro atoms. The molecular formula is C14H22F9N2O2S+. The van der Waals surface area contributed by atoms with Crippen LogP contribution in [0.15, 0.2) is 0 Å².